The molecule has 0 saturated carbocycles. The Kier molecular flexibility index (Phi) is 3.89. The lowest BCUT2D eigenvalue weighted by atomic mass is 10.00. The van der Waals surface area contributed by atoms with Crippen LogP contribution in [0.1, 0.15) is 17.2 Å². The van der Waals surface area contributed by atoms with Crippen LogP contribution in [-0.2, 0) is 0 Å². The number of ether oxygens (including phenoxy) is 2. The second-order valence-electron chi connectivity index (χ2n) is 3.89. The van der Waals surface area contributed by atoms with Crippen molar-refractivity contribution in [2.45, 2.75) is 6.04 Å². The summed E-state index contributed by atoms with van der Waals surface area (Å²) in [5, 5.41) is 3.25. The Morgan fingerprint density at radius 1 is 1.17 bits per heavy atom. The van der Waals surface area contributed by atoms with Gasteiger partial charge in [0.05, 0.1) is 32.8 Å². The molecule has 4 nitrogen and oxygen atoms in total. The van der Waals surface area contributed by atoms with Crippen molar-refractivity contribution in [1.82, 2.24) is 5.32 Å². The molecule has 0 saturated heterocycles. The van der Waals surface area contributed by atoms with E-state index in [1.165, 1.54) is 0 Å². The first-order chi connectivity index (χ1) is 8.80. The summed E-state index contributed by atoms with van der Waals surface area (Å²) in [6.07, 6.45) is 3.38. The van der Waals surface area contributed by atoms with Gasteiger partial charge >= 0.3 is 0 Å². The molecule has 0 spiro atoms. The summed E-state index contributed by atoms with van der Waals surface area (Å²) >= 11 is 0. The molecule has 0 fully saturated rings. The summed E-state index contributed by atoms with van der Waals surface area (Å²) in [6, 6.07) is 7.68. The van der Waals surface area contributed by atoms with Crippen LogP contribution in [0.3, 0.4) is 0 Å². The second-order valence-corrected chi connectivity index (χ2v) is 3.89. The molecule has 0 aliphatic heterocycles. The maximum Gasteiger partial charge on any atom is 0.124 e. The molecule has 18 heavy (non-hydrogen) atoms. The summed E-state index contributed by atoms with van der Waals surface area (Å²) in [6.45, 7) is 0. The number of furan rings is 1. The van der Waals surface area contributed by atoms with Gasteiger partial charge in [0.25, 0.3) is 0 Å². The van der Waals surface area contributed by atoms with Crippen LogP contribution in [0.4, 0.5) is 0 Å². The molecule has 0 aliphatic rings. The molecule has 0 aliphatic carbocycles. The molecule has 0 radical (unpaired) electrons. The molecule has 1 N–H and O–H groups in total. The number of benzene rings is 1. The zero-order chi connectivity index (χ0) is 13.0. The van der Waals surface area contributed by atoms with Gasteiger partial charge in [-0.05, 0) is 31.3 Å². The summed E-state index contributed by atoms with van der Waals surface area (Å²) < 4.78 is 15.8. The van der Waals surface area contributed by atoms with Crippen molar-refractivity contribution >= 4 is 0 Å². The number of hydrogen-bond acceptors (Lipinski definition) is 4. The van der Waals surface area contributed by atoms with E-state index in [2.05, 4.69) is 5.32 Å². The maximum atomic E-state index is 5.40. The van der Waals surface area contributed by atoms with Gasteiger partial charge in [0.1, 0.15) is 11.5 Å². The molecule has 2 aromatic rings. The normalized spacial score (nSPS) is 12.2. The van der Waals surface area contributed by atoms with Gasteiger partial charge in [-0.3, -0.25) is 0 Å². The Morgan fingerprint density at radius 2 is 2.00 bits per heavy atom. The Hall–Kier alpha value is -1.94. The molecule has 2 rings (SSSR count). The van der Waals surface area contributed by atoms with E-state index in [9.17, 15) is 0 Å². The molecule has 1 unspecified atom stereocenters. The predicted octanol–water partition coefficient (Wildman–Crippen LogP) is 2.61. The van der Waals surface area contributed by atoms with Gasteiger partial charge in [-0.15, -0.1) is 0 Å². The van der Waals surface area contributed by atoms with E-state index in [0.29, 0.717) is 0 Å². The molecule has 4 heteroatoms. The van der Waals surface area contributed by atoms with Gasteiger partial charge < -0.3 is 19.2 Å². The first kappa shape index (κ1) is 12.5. The van der Waals surface area contributed by atoms with Crippen molar-refractivity contribution in [3.8, 4) is 11.5 Å². The lowest BCUT2D eigenvalue weighted by Gasteiger charge is -2.19. The zero-order valence-corrected chi connectivity index (χ0v) is 10.8. The van der Waals surface area contributed by atoms with Crippen LogP contribution in [0, 0.1) is 0 Å². The zero-order valence-electron chi connectivity index (χ0n) is 10.8. The van der Waals surface area contributed by atoms with Gasteiger partial charge in [0.2, 0.25) is 0 Å². The largest absolute Gasteiger partial charge is 0.497 e. The van der Waals surface area contributed by atoms with Crippen LogP contribution in [0.15, 0.2) is 41.2 Å². The fourth-order valence-corrected chi connectivity index (χ4v) is 2.01. The number of rotatable bonds is 5. The third kappa shape index (κ3) is 2.33. The maximum absolute atomic E-state index is 5.40. The highest BCUT2D eigenvalue weighted by Crippen LogP contribution is 2.32. The molecule has 0 amide bonds. The van der Waals surface area contributed by atoms with E-state index < -0.39 is 0 Å². The summed E-state index contributed by atoms with van der Waals surface area (Å²) in [5.74, 6) is 1.62. The third-order valence-electron chi connectivity index (χ3n) is 2.91. The van der Waals surface area contributed by atoms with Crippen LogP contribution >= 0.6 is 0 Å². The Balaban J connectivity index is 2.46. The molecular formula is C14H17NO3. The van der Waals surface area contributed by atoms with Gasteiger partial charge in [-0.2, -0.15) is 0 Å². The summed E-state index contributed by atoms with van der Waals surface area (Å²) in [5.41, 5.74) is 2.06. The van der Waals surface area contributed by atoms with Crippen molar-refractivity contribution in [2.24, 2.45) is 0 Å². The minimum atomic E-state index is 0.00815. The third-order valence-corrected chi connectivity index (χ3v) is 2.91. The minimum absolute atomic E-state index is 0.00815. The highest BCUT2D eigenvalue weighted by atomic mass is 16.5. The van der Waals surface area contributed by atoms with E-state index in [0.717, 1.165) is 22.6 Å². The summed E-state index contributed by atoms with van der Waals surface area (Å²) in [7, 11) is 5.21. The van der Waals surface area contributed by atoms with E-state index in [4.69, 9.17) is 13.9 Å². The topological polar surface area (TPSA) is 43.6 Å². The minimum Gasteiger partial charge on any atom is -0.497 e. The number of methoxy groups -OCH3 is 2. The van der Waals surface area contributed by atoms with Gasteiger partial charge in [-0.25, -0.2) is 0 Å². The van der Waals surface area contributed by atoms with E-state index in [1.54, 1.807) is 26.7 Å². The van der Waals surface area contributed by atoms with Crippen molar-refractivity contribution < 1.29 is 13.9 Å². The van der Waals surface area contributed by atoms with E-state index >= 15 is 0 Å². The number of hydrogen-bond donors (Lipinski definition) is 1. The van der Waals surface area contributed by atoms with E-state index in [-0.39, 0.29) is 6.04 Å². The van der Waals surface area contributed by atoms with Crippen LogP contribution in [0.2, 0.25) is 0 Å². The van der Waals surface area contributed by atoms with Crippen LogP contribution in [-0.4, -0.2) is 21.3 Å². The Labute approximate surface area is 107 Å². The molecule has 1 atom stereocenters. The number of nitrogens with one attached hydrogen (secondary N) is 1. The first-order valence-electron chi connectivity index (χ1n) is 5.71. The molecule has 1 aromatic heterocycles. The predicted molar refractivity (Wildman–Crippen MR) is 69.2 cm³/mol. The van der Waals surface area contributed by atoms with Crippen LogP contribution in [0.5, 0.6) is 11.5 Å². The monoisotopic (exact) mass is 247 g/mol. The summed E-state index contributed by atoms with van der Waals surface area (Å²) in [4.78, 5) is 0. The van der Waals surface area contributed by atoms with Crippen molar-refractivity contribution in [3.63, 3.8) is 0 Å². The molecule has 1 aromatic carbocycles. The Morgan fingerprint density at radius 3 is 2.56 bits per heavy atom. The van der Waals surface area contributed by atoms with Crippen molar-refractivity contribution in [1.29, 1.82) is 0 Å². The van der Waals surface area contributed by atoms with Crippen molar-refractivity contribution in [3.05, 3.63) is 47.9 Å². The first-order valence-corrected chi connectivity index (χ1v) is 5.71. The Bertz CT molecular complexity index is 494. The average Bonchev–Trinajstić information content (AvgIpc) is 2.93. The van der Waals surface area contributed by atoms with Gasteiger partial charge in [-0.1, -0.05) is 0 Å². The van der Waals surface area contributed by atoms with Gasteiger partial charge in [0.15, 0.2) is 0 Å². The lowest BCUT2D eigenvalue weighted by Crippen LogP contribution is -2.17. The fourth-order valence-electron chi connectivity index (χ4n) is 2.01. The smallest absolute Gasteiger partial charge is 0.124 e. The fraction of sp³-hybridized carbons (Fsp3) is 0.286. The van der Waals surface area contributed by atoms with E-state index in [1.807, 2.05) is 31.3 Å². The quantitative estimate of drug-likeness (QED) is 0.882. The van der Waals surface area contributed by atoms with Crippen LogP contribution < -0.4 is 14.8 Å². The molecule has 96 valence electrons. The molecule has 0 bridgehead atoms. The average molecular weight is 247 g/mol. The van der Waals surface area contributed by atoms with Crippen LogP contribution in [0.25, 0.3) is 0 Å². The lowest BCUT2D eigenvalue weighted by molar-refractivity contribution is 0.395. The standard InChI is InChI=1S/C14H17NO3/c1-15-14(10-6-7-18-9-10)12-8-11(16-2)4-5-13(12)17-3/h4-9,14-15H,1-3H3. The second kappa shape index (κ2) is 5.60. The van der Waals surface area contributed by atoms with Crippen molar-refractivity contribution in [2.75, 3.05) is 21.3 Å². The molecular weight excluding hydrogens is 230 g/mol. The molecule has 1 heterocycles. The SMILES string of the molecule is CNC(c1ccoc1)c1cc(OC)ccc1OC. The van der Waals surface area contributed by atoms with Gasteiger partial charge in [0, 0.05) is 11.1 Å². The highest BCUT2D eigenvalue weighted by molar-refractivity contribution is 5.45. The highest BCUT2D eigenvalue weighted by Gasteiger charge is 2.18.